The molecule has 0 N–H and O–H groups in total. The van der Waals surface area contributed by atoms with Crippen LogP contribution in [0.2, 0.25) is 0 Å². The van der Waals surface area contributed by atoms with Gasteiger partial charge in [-0.05, 0) is 86.3 Å². The Balaban J connectivity index is 1.22. The van der Waals surface area contributed by atoms with Gasteiger partial charge >= 0.3 is 0 Å². The average molecular weight is 694 g/mol. The number of nitrogens with zero attached hydrogens (tertiary/aromatic N) is 1. The van der Waals surface area contributed by atoms with Crippen LogP contribution in [-0.2, 0) is 0 Å². The van der Waals surface area contributed by atoms with Gasteiger partial charge in [-0.3, -0.25) is 0 Å². The van der Waals surface area contributed by atoms with Gasteiger partial charge in [-0.2, -0.15) is 0 Å². The molecule has 53 heavy (non-hydrogen) atoms. The third-order valence-corrected chi connectivity index (χ3v) is 11.8. The van der Waals surface area contributed by atoms with Gasteiger partial charge in [-0.25, -0.2) is 0 Å². The van der Waals surface area contributed by atoms with Crippen molar-refractivity contribution in [3.8, 4) is 22.3 Å². The lowest BCUT2D eigenvalue weighted by atomic mass is 9.98. The van der Waals surface area contributed by atoms with Gasteiger partial charge < -0.3 is 9.32 Å². The van der Waals surface area contributed by atoms with Crippen molar-refractivity contribution in [2.24, 2.45) is 0 Å². The maximum absolute atomic E-state index is 6.49. The predicted molar refractivity (Wildman–Crippen MR) is 227 cm³/mol. The van der Waals surface area contributed by atoms with Crippen molar-refractivity contribution in [3.05, 3.63) is 188 Å². The summed E-state index contributed by atoms with van der Waals surface area (Å²) in [5.74, 6) is 0. The number of anilines is 3. The van der Waals surface area contributed by atoms with E-state index in [0.29, 0.717) is 0 Å². The van der Waals surface area contributed by atoms with Crippen LogP contribution >= 0.6 is 11.3 Å². The second-order valence-electron chi connectivity index (χ2n) is 13.7. The molecule has 0 aliphatic heterocycles. The molecule has 9 aromatic carbocycles. The molecule has 0 radical (unpaired) electrons. The molecule has 0 saturated carbocycles. The van der Waals surface area contributed by atoms with E-state index < -0.39 is 0 Å². The summed E-state index contributed by atoms with van der Waals surface area (Å²) < 4.78 is 9.03. The Bertz CT molecular complexity index is 3180. The number of hydrogen-bond acceptors (Lipinski definition) is 3. The van der Waals surface area contributed by atoms with Crippen LogP contribution in [0.1, 0.15) is 0 Å². The third-order valence-electron chi connectivity index (χ3n) is 10.6. The first kappa shape index (κ1) is 30.0. The molecular formula is C50H31NOS. The quantitative estimate of drug-likeness (QED) is 0.167. The number of thiophene rings is 1. The summed E-state index contributed by atoms with van der Waals surface area (Å²) >= 11 is 1.88. The number of rotatable bonds is 5. The van der Waals surface area contributed by atoms with Crippen LogP contribution in [0, 0.1) is 0 Å². The molecule has 0 aliphatic rings. The Kier molecular flexibility index (Phi) is 6.76. The van der Waals surface area contributed by atoms with Gasteiger partial charge in [0.2, 0.25) is 0 Å². The SMILES string of the molecule is c1ccc(-c2ccc3c(c2)sc2c(-c4ccccc4)ccc(N(c4ccc5c(c4)oc4ccccc45)c4ccc5ccc6ccccc6c5c4)c23)cc1. The third kappa shape index (κ3) is 4.86. The molecule has 0 saturated heterocycles. The minimum absolute atomic E-state index is 0.875. The molecule has 0 atom stereocenters. The first-order valence-corrected chi connectivity index (χ1v) is 18.8. The van der Waals surface area contributed by atoms with Crippen molar-refractivity contribution < 1.29 is 4.42 Å². The topological polar surface area (TPSA) is 16.4 Å². The summed E-state index contributed by atoms with van der Waals surface area (Å²) in [5, 5.41) is 9.68. The summed E-state index contributed by atoms with van der Waals surface area (Å²) in [4.78, 5) is 2.43. The smallest absolute Gasteiger partial charge is 0.137 e. The fourth-order valence-corrected chi connectivity index (χ4v) is 9.41. The van der Waals surface area contributed by atoms with E-state index >= 15 is 0 Å². The minimum atomic E-state index is 0.875. The van der Waals surface area contributed by atoms with Crippen LogP contribution in [0.5, 0.6) is 0 Å². The summed E-state index contributed by atoms with van der Waals surface area (Å²) in [5.41, 5.74) is 9.95. The van der Waals surface area contributed by atoms with Gasteiger partial charge in [0, 0.05) is 48.4 Å². The highest BCUT2D eigenvalue weighted by atomic mass is 32.1. The zero-order valence-corrected chi connectivity index (χ0v) is 29.5. The Morgan fingerprint density at radius 1 is 0.396 bits per heavy atom. The van der Waals surface area contributed by atoms with Crippen molar-refractivity contribution in [1.82, 2.24) is 0 Å². The highest BCUT2D eigenvalue weighted by Crippen LogP contribution is 2.50. The highest BCUT2D eigenvalue weighted by molar-refractivity contribution is 7.26. The van der Waals surface area contributed by atoms with E-state index in [1.165, 1.54) is 64.0 Å². The molecule has 0 unspecified atom stereocenters. The molecule has 0 fully saturated rings. The van der Waals surface area contributed by atoms with E-state index in [9.17, 15) is 0 Å². The first-order chi connectivity index (χ1) is 26.3. The molecule has 2 aromatic heterocycles. The second kappa shape index (κ2) is 11.9. The Morgan fingerprint density at radius 2 is 1.04 bits per heavy atom. The molecule has 3 heteroatoms. The zero-order chi connectivity index (χ0) is 34.9. The Morgan fingerprint density at radius 3 is 1.89 bits per heavy atom. The van der Waals surface area contributed by atoms with Gasteiger partial charge in [0.1, 0.15) is 11.2 Å². The van der Waals surface area contributed by atoms with Crippen molar-refractivity contribution >= 4 is 92.1 Å². The molecule has 248 valence electrons. The zero-order valence-electron chi connectivity index (χ0n) is 28.7. The summed E-state index contributed by atoms with van der Waals surface area (Å²) in [6.45, 7) is 0. The van der Waals surface area contributed by atoms with Gasteiger partial charge in [0.15, 0.2) is 0 Å². The van der Waals surface area contributed by atoms with Gasteiger partial charge in [0.25, 0.3) is 0 Å². The van der Waals surface area contributed by atoms with E-state index in [1.54, 1.807) is 0 Å². The van der Waals surface area contributed by atoms with Crippen molar-refractivity contribution in [2.45, 2.75) is 0 Å². The standard InChI is InChI=1S/C50H31NOS/c1-3-11-32(12-4-1)36-22-25-43-48(29-36)53-50-40(33-13-5-2-6-14-33)27-28-45(49(43)50)51(38-24-26-42-41-17-9-10-18-46(41)52-47(42)31-38)37-23-21-35-20-19-34-15-7-8-16-39(34)44(35)30-37/h1-31H. The summed E-state index contributed by atoms with van der Waals surface area (Å²) in [7, 11) is 0. The van der Waals surface area contributed by atoms with E-state index in [0.717, 1.165) is 39.0 Å². The lowest BCUT2D eigenvalue weighted by Gasteiger charge is -2.27. The van der Waals surface area contributed by atoms with Crippen LogP contribution < -0.4 is 4.90 Å². The second-order valence-corrected chi connectivity index (χ2v) is 14.7. The minimum Gasteiger partial charge on any atom is -0.456 e. The number of benzene rings is 9. The molecule has 11 rings (SSSR count). The molecule has 0 amide bonds. The van der Waals surface area contributed by atoms with Crippen molar-refractivity contribution in [3.63, 3.8) is 0 Å². The first-order valence-electron chi connectivity index (χ1n) is 18.0. The molecule has 0 spiro atoms. The molecule has 2 nitrogen and oxygen atoms in total. The van der Waals surface area contributed by atoms with Crippen LogP contribution in [0.4, 0.5) is 17.1 Å². The highest BCUT2D eigenvalue weighted by Gasteiger charge is 2.23. The van der Waals surface area contributed by atoms with Gasteiger partial charge in [-0.15, -0.1) is 11.3 Å². The monoisotopic (exact) mass is 693 g/mol. The van der Waals surface area contributed by atoms with Crippen LogP contribution in [0.25, 0.3) is 85.9 Å². The summed E-state index contributed by atoms with van der Waals surface area (Å²) in [6, 6.07) is 68.0. The molecule has 2 heterocycles. The van der Waals surface area contributed by atoms with E-state index in [2.05, 4.69) is 181 Å². The molecular weight excluding hydrogens is 663 g/mol. The number of furan rings is 1. The fraction of sp³-hybridized carbons (Fsp3) is 0. The summed E-state index contributed by atoms with van der Waals surface area (Å²) in [6.07, 6.45) is 0. The molecule has 0 aliphatic carbocycles. The van der Waals surface area contributed by atoms with E-state index in [-0.39, 0.29) is 0 Å². The maximum atomic E-state index is 6.49. The Hall–Kier alpha value is -6.68. The van der Waals surface area contributed by atoms with Gasteiger partial charge in [-0.1, -0.05) is 140 Å². The number of para-hydroxylation sites is 1. The largest absolute Gasteiger partial charge is 0.456 e. The van der Waals surface area contributed by atoms with Crippen LogP contribution in [0.3, 0.4) is 0 Å². The number of fused-ring (bicyclic) bond motifs is 9. The fourth-order valence-electron chi connectivity index (χ4n) is 8.11. The van der Waals surface area contributed by atoms with E-state index in [1.807, 2.05) is 23.5 Å². The van der Waals surface area contributed by atoms with Gasteiger partial charge in [0.05, 0.1) is 5.69 Å². The average Bonchev–Trinajstić information content (AvgIpc) is 3.80. The molecule has 11 aromatic rings. The molecule has 0 bridgehead atoms. The maximum Gasteiger partial charge on any atom is 0.137 e. The van der Waals surface area contributed by atoms with Crippen LogP contribution in [0.15, 0.2) is 192 Å². The van der Waals surface area contributed by atoms with Crippen LogP contribution in [-0.4, -0.2) is 0 Å². The Labute approximate surface area is 310 Å². The lowest BCUT2D eigenvalue weighted by molar-refractivity contribution is 0.669. The van der Waals surface area contributed by atoms with Crippen molar-refractivity contribution in [1.29, 1.82) is 0 Å². The van der Waals surface area contributed by atoms with E-state index in [4.69, 9.17) is 4.42 Å². The normalized spacial score (nSPS) is 11.8. The predicted octanol–water partition coefficient (Wildman–Crippen LogP) is 15.1. The lowest BCUT2D eigenvalue weighted by Crippen LogP contribution is -2.10. The number of hydrogen-bond donors (Lipinski definition) is 0. The van der Waals surface area contributed by atoms with Crippen molar-refractivity contribution in [2.75, 3.05) is 4.90 Å².